The van der Waals surface area contributed by atoms with Crippen LogP contribution in [-0.2, 0) is 6.54 Å². The van der Waals surface area contributed by atoms with E-state index in [0.717, 1.165) is 11.3 Å². The average Bonchev–Trinajstić information content (AvgIpc) is 3.00. The van der Waals surface area contributed by atoms with Crippen molar-refractivity contribution in [2.75, 3.05) is 20.3 Å². The van der Waals surface area contributed by atoms with E-state index in [9.17, 15) is 4.79 Å². The topological polar surface area (TPSA) is 64.8 Å². The zero-order chi connectivity index (χ0) is 13.9. The number of carbonyl (C=O) groups excluding carboxylic acids is 1. The molecule has 6 heteroatoms. The molecule has 1 aliphatic heterocycles. The highest BCUT2D eigenvalue weighted by atomic mass is 16.6. The maximum Gasteiger partial charge on any atom is 0.292 e. The highest BCUT2D eigenvalue weighted by molar-refractivity contribution is 5.91. The molecule has 0 fully saturated rings. The van der Waals surface area contributed by atoms with Crippen LogP contribution in [0.4, 0.5) is 0 Å². The lowest BCUT2D eigenvalue weighted by molar-refractivity contribution is 0.0743. The molecule has 0 saturated carbocycles. The van der Waals surface area contributed by atoms with Crippen LogP contribution in [0.5, 0.6) is 11.5 Å². The summed E-state index contributed by atoms with van der Waals surface area (Å²) in [6.45, 7) is 1.57. The van der Waals surface area contributed by atoms with Crippen LogP contribution in [0.1, 0.15) is 16.1 Å². The van der Waals surface area contributed by atoms with Crippen LogP contribution < -0.4 is 9.47 Å². The van der Waals surface area contributed by atoms with Gasteiger partial charge in [0, 0.05) is 19.7 Å². The molecule has 1 amide bonds. The number of rotatable bonds is 3. The molecule has 1 aromatic heterocycles. The Kier molecular flexibility index (Phi) is 3.28. The van der Waals surface area contributed by atoms with Crippen molar-refractivity contribution in [2.24, 2.45) is 0 Å². The summed E-state index contributed by atoms with van der Waals surface area (Å²) in [5.74, 6) is 1.47. The van der Waals surface area contributed by atoms with Crippen molar-refractivity contribution in [1.29, 1.82) is 0 Å². The number of hydrogen-bond acceptors (Lipinski definition) is 5. The first-order chi connectivity index (χ1) is 9.74. The second-order valence-corrected chi connectivity index (χ2v) is 4.52. The minimum absolute atomic E-state index is 0.211. The van der Waals surface area contributed by atoms with E-state index in [1.54, 1.807) is 18.0 Å². The Bertz CT molecular complexity index is 610. The first-order valence-electron chi connectivity index (χ1n) is 6.29. The van der Waals surface area contributed by atoms with Gasteiger partial charge in [-0.25, -0.2) is 0 Å². The lowest BCUT2D eigenvalue weighted by Gasteiger charge is -2.20. The third kappa shape index (κ3) is 2.45. The number of nitrogens with zero attached hydrogens (tertiary/aromatic N) is 2. The van der Waals surface area contributed by atoms with Crippen LogP contribution in [0, 0.1) is 0 Å². The van der Waals surface area contributed by atoms with Gasteiger partial charge in [0.05, 0.1) is 6.20 Å². The van der Waals surface area contributed by atoms with E-state index in [2.05, 4.69) is 5.16 Å². The quantitative estimate of drug-likeness (QED) is 0.852. The highest BCUT2D eigenvalue weighted by Gasteiger charge is 2.17. The van der Waals surface area contributed by atoms with Gasteiger partial charge >= 0.3 is 0 Å². The Balaban J connectivity index is 1.72. The molecule has 0 bridgehead atoms. The molecule has 2 heterocycles. The van der Waals surface area contributed by atoms with Crippen molar-refractivity contribution in [3.63, 3.8) is 0 Å². The van der Waals surface area contributed by atoms with Gasteiger partial charge in [0.15, 0.2) is 11.5 Å². The number of carbonyl (C=O) groups is 1. The Labute approximate surface area is 115 Å². The van der Waals surface area contributed by atoms with E-state index < -0.39 is 0 Å². The molecule has 0 aliphatic carbocycles. The maximum atomic E-state index is 12.0. The normalized spacial score (nSPS) is 13.1. The predicted molar refractivity (Wildman–Crippen MR) is 69.7 cm³/mol. The second-order valence-electron chi connectivity index (χ2n) is 4.52. The summed E-state index contributed by atoms with van der Waals surface area (Å²) in [7, 11) is 1.71. The fraction of sp³-hybridized carbons (Fsp3) is 0.286. The van der Waals surface area contributed by atoms with E-state index in [1.165, 1.54) is 6.20 Å². The van der Waals surface area contributed by atoms with Crippen molar-refractivity contribution in [2.45, 2.75) is 6.54 Å². The number of aromatic nitrogens is 1. The molecular weight excluding hydrogens is 260 g/mol. The molecule has 0 N–H and O–H groups in total. The summed E-state index contributed by atoms with van der Waals surface area (Å²) >= 11 is 0. The van der Waals surface area contributed by atoms with E-state index in [1.807, 2.05) is 18.2 Å². The largest absolute Gasteiger partial charge is 0.486 e. The maximum absolute atomic E-state index is 12.0. The van der Waals surface area contributed by atoms with Gasteiger partial charge in [-0.05, 0) is 17.7 Å². The average molecular weight is 274 g/mol. The van der Waals surface area contributed by atoms with E-state index in [-0.39, 0.29) is 11.7 Å². The van der Waals surface area contributed by atoms with Gasteiger partial charge in [0.25, 0.3) is 5.91 Å². The monoisotopic (exact) mass is 274 g/mol. The molecule has 6 nitrogen and oxygen atoms in total. The van der Waals surface area contributed by atoms with Crippen molar-refractivity contribution < 1.29 is 18.8 Å². The summed E-state index contributed by atoms with van der Waals surface area (Å²) in [5.41, 5.74) is 0.963. The Morgan fingerprint density at radius 3 is 2.80 bits per heavy atom. The molecule has 1 aliphatic rings. The van der Waals surface area contributed by atoms with Gasteiger partial charge in [-0.2, -0.15) is 0 Å². The zero-order valence-corrected chi connectivity index (χ0v) is 11.0. The zero-order valence-electron chi connectivity index (χ0n) is 11.0. The number of ether oxygens (including phenoxy) is 2. The molecule has 0 spiro atoms. The van der Waals surface area contributed by atoms with Crippen LogP contribution in [0.2, 0.25) is 0 Å². The Hall–Kier alpha value is -2.50. The van der Waals surface area contributed by atoms with E-state index in [4.69, 9.17) is 14.0 Å². The molecule has 3 rings (SSSR count). The fourth-order valence-corrected chi connectivity index (χ4v) is 2.05. The molecular formula is C14H14N2O4. The standard InChI is InChI=1S/C14H14N2O4/c1-16(14(17)12-4-5-15-20-12)9-10-2-3-11-13(8-10)19-7-6-18-11/h2-5,8H,6-7,9H2,1H3. The Morgan fingerprint density at radius 2 is 2.05 bits per heavy atom. The molecule has 0 unspecified atom stereocenters. The summed E-state index contributed by atoms with van der Waals surface area (Å²) < 4.78 is 15.8. The fourth-order valence-electron chi connectivity index (χ4n) is 2.05. The van der Waals surface area contributed by atoms with E-state index in [0.29, 0.717) is 25.5 Å². The van der Waals surface area contributed by atoms with Gasteiger partial charge in [0.1, 0.15) is 13.2 Å². The molecule has 0 saturated heterocycles. The van der Waals surface area contributed by atoms with Crippen molar-refractivity contribution >= 4 is 5.91 Å². The van der Waals surface area contributed by atoms with Gasteiger partial charge in [-0.15, -0.1) is 0 Å². The van der Waals surface area contributed by atoms with Crippen LogP contribution in [0.15, 0.2) is 35.0 Å². The van der Waals surface area contributed by atoms with Gasteiger partial charge in [-0.1, -0.05) is 11.2 Å². The number of hydrogen-bond donors (Lipinski definition) is 0. The highest BCUT2D eigenvalue weighted by Crippen LogP contribution is 2.31. The molecule has 0 atom stereocenters. The number of amides is 1. The van der Waals surface area contributed by atoms with Crippen molar-refractivity contribution in [3.05, 3.63) is 41.8 Å². The SMILES string of the molecule is CN(Cc1ccc2c(c1)OCCO2)C(=O)c1ccno1. The molecule has 2 aromatic rings. The van der Waals surface area contributed by atoms with Crippen LogP contribution in [-0.4, -0.2) is 36.2 Å². The number of benzene rings is 1. The third-order valence-electron chi connectivity index (χ3n) is 3.02. The summed E-state index contributed by atoms with van der Waals surface area (Å²) in [6, 6.07) is 7.20. The first kappa shape index (κ1) is 12.5. The summed E-state index contributed by atoms with van der Waals surface area (Å²) in [5, 5.41) is 3.53. The molecule has 0 radical (unpaired) electrons. The van der Waals surface area contributed by atoms with Gasteiger partial charge in [-0.3, -0.25) is 4.79 Å². The molecule has 104 valence electrons. The lowest BCUT2D eigenvalue weighted by Crippen LogP contribution is -2.26. The van der Waals surface area contributed by atoms with Crippen molar-refractivity contribution in [1.82, 2.24) is 10.1 Å². The van der Waals surface area contributed by atoms with Crippen LogP contribution in [0.3, 0.4) is 0 Å². The minimum atomic E-state index is -0.211. The van der Waals surface area contributed by atoms with Gasteiger partial charge in [0.2, 0.25) is 5.76 Å². The van der Waals surface area contributed by atoms with Crippen LogP contribution >= 0.6 is 0 Å². The number of fused-ring (bicyclic) bond motifs is 1. The molecule has 20 heavy (non-hydrogen) atoms. The minimum Gasteiger partial charge on any atom is -0.486 e. The lowest BCUT2D eigenvalue weighted by atomic mass is 10.2. The van der Waals surface area contributed by atoms with Gasteiger partial charge < -0.3 is 18.9 Å². The Morgan fingerprint density at radius 1 is 1.25 bits per heavy atom. The first-order valence-corrected chi connectivity index (χ1v) is 6.29. The second kappa shape index (κ2) is 5.24. The molecule has 1 aromatic carbocycles. The predicted octanol–water partition coefficient (Wildman–Crippen LogP) is 1.72. The van der Waals surface area contributed by atoms with Crippen LogP contribution in [0.25, 0.3) is 0 Å². The van der Waals surface area contributed by atoms with Crippen molar-refractivity contribution in [3.8, 4) is 11.5 Å². The smallest absolute Gasteiger partial charge is 0.292 e. The summed E-state index contributed by atoms with van der Waals surface area (Å²) in [6.07, 6.45) is 1.45. The third-order valence-corrected chi connectivity index (χ3v) is 3.02. The van der Waals surface area contributed by atoms with E-state index >= 15 is 0 Å². The summed E-state index contributed by atoms with van der Waals surface area (Å²) in [4.78, 5) is 13.6.